The molecule has 0 radical (unpaired) electrons. The molecule has 0 bridgehead atoms. The Balaban J connectivity index is 1.74. The van der Waals surface area contributed by atoms with E-state index in [4.69, 9.17) is 9.47 Å². The van der Waals surface area contributed by atoms with Crippen LogP contribution in [0.15, 0.2) is 59.1 Å². The maximum absolute atomic E-state index is 10.8. The summed E-state index contributed by atoms with van der Waals surface area (Å²) in [5, 5.41) is 14.3. The third-order valence-corrected chi connectivity index (χ3v) is 5.35. The molecule has 0 atom stereocenters. The minimum Gasteiger partial charge on any atom is -0.490 e. The molecule has 6 nitrogen and oxygen atoms in total. The Morgan fingerprint density at radius 1 is 1.00 bits per heavy atom. The molecule has 0 aliphatic heterocycles. The van der Waals surface area contributed by atoms with Crippen LogP contribution in [0.4, 0.5) is 11.4 Å². The lowest BCUT2D eigenvalue weighted by molar-refractivity contribution is -0.384. The number of non-ortho nitro benzene ring substituents is 1. The lowest BCUT2D eigenvalue weighted by atomic mass is 10.1. The Morgan fingerprint density at radius 2 is 1.74 bits per heavy atom. The molecule has 3 rings (SSSR count). The highest BCUT2D eigenvalue weighted by molar-refractivity contribution is 9.10. The number of nitrogens with zero attached hydrogens (tertiary/aromatic N) is 1. The summed E-state index contributed by atoms with van der Waals surface area (Å²) in [6, 6.07) is 16.6. The zero-order valence-electron chi connectivity index (χ0n) is 17.8. The summed E-state index contributed by atoms with van der Waals surface area (Å²) in [6.45, 7) is 7.52. The molecule has 0 saturated carbocycles. The number of anilines is 1. The van der Waals surface area contributed by atoms with Gasteiger partial charge in [0.25, 0.3) is 5.69 Å². The fourth-order valence-corrected chi connectivity index (χ4v) is 3.81. The van der Waals surface area contributed by atoms with Gasteiger partial charge in [-0.2, -0.15) is 0 Å². The Hall–Kier alpha value is -3.06. The average molecular weight is 485 g/mol. The van der Waals surface area contributed by atoms with Gasteiger partial charge in [-0.1, -0.05) is 17.7 Å². The van der Waals surface area contributed by atoms with Gasteiger partial charge in [-0.3, -0.25) is 10.1 Å². The molecule has 0 saturated heterocycles. The first kappa shape index (κ1) is 22.6. The maximum Gasteiger partial charge on any atom is 0.269 e. The van der Waals surface area contributed by atoms with E-state index >= 15 is 0 Å². The molecule has 31 heavy (non-hydrogen) atoms. The van der Waals surface area contributed by atoms with Crippen molar-refractivity contribution in [3.8, 4) is 11.5 Å². The van der Waals surface area contributed by atoms with Crippen molar-refractivity contribution in [3.63, 3.8) is 0 Å². The number of aryl methyl sites for hydroxylation is 2. The van der Waals surface area contributed by atoms with Gasteiger partial charge in [0.2, 0.25) is 0 Å². The smallest absolute Gasteiger partial charge is 0.269 e. The summed E-state index contributed by atoms with van der Waals surface area (Å²) in [6.07, 6.45) is 0. The highest BCUT2D eigenvalue weighted by atomic mass is 79.9. The molecule has 0 spiro atoms. The standard InChI is InChI=1S/C24H25BrN2O4/c1-4-30-23-13-19(14-26-22-10-5-16(2)11-17(22)3)12-21(25)24(23)31-15-18-6-8-20(9-7-18)27(28)29/h5-13,26H,4,14-15H2,1-3H3. The van der Waals surface area contributed by atoms with Crippen LogP contribution in [0.2, 0.25) is 0 Å². The molecule has 0 aliphatic carbocycles. The minimum atomic E-state index is -0.417. The number of hydrogen-bond acceptors (Lipinski definition) is 5. The maximum atomic E-state index is 10.8. The first-order valence-electron chi connectivity index (χ1n) is 10.00. The van der Waals surface area contributed by atoms with Gasteiger partial charge in [-0.25, -0.2) is 0 Å². The summed E-state index contributed by atoms with van der Waals surface area (Å²) in [4.78, 5) is 10.4. The van der Waals surface area contributed by atoms with Crippen molar-refractivity contribution in [2.24, 2.45) is 0 Å². The molecule has 0 fully saturated rings. The predicted molar refractivity (Wildman–Crippen MR) is 126 cm³/mol. The number of rotatable bonds is 9. The van der Waals surface area contributed by atoms with Gasteiger partial charge < -0.3 is 14.8 Å². The van der Waals surface area contributed by atoms with Crippen molar-refractivity contribution in [3.05, 3.63) is 91.4 Å². The van der Waals surface area contributed by atoms with E-state index < -0.39 is 4.92 Å². The first-order chi connectivity index (χ1) is 14.9. The third kappa shape index (κ3) is 5.98. The van der Waals surface area contributed by atoms with Gasteiger partial charge in [0.1, 0.15) is 6.61 Å². The molecule has 162 valence electrons. The van der Waals surface area contributed by atoms with Crippen LogP contribution >= 0.6 is 15.9 Å². The minimum absolute atomic E-state index is 0.0561. The highest BCUT2D eigenvalue weighted by Gasteiger charge is 2.13. The van der Waals surface area contributed by atoms with E-state index in [1.54, 1.807) is 12.1 Å². The van der Waals surface area contributed by atoms with Crippen molar-refractivity contribution in [1.29, 1.82) is 0 Å². The van der Waals surface area contributed by atoms with Gasteiger partial charge in [0.15, 0.2) is 11.5 Å². The molecule has 0 aliphatic rings. The van der Waals surface area contributed by atoms with Crippen molar-refractivity contribution in [1.82, 2.24) is 0 Å². The average Bonchev–Trinajstić information content (AvgIpc) is 2.73. The van der Waals surface area contributed by atoms with E-state index in [0.29, 0.717) is 24.7 Å². The molecule has 0 heterocycles. The van der Waals surface area contributed by atoms with Crippen molar-refractivity contribution in [2.45, 2.75) is 33.9 Å². The highest BCUT2D eigenvalue weighted by Crippen LogP contribution is 2.38. The fraction of sp³-hybridized carbons (Fsp3) is 0.250. The summed E-state index contributed by atoms with van der Waals surface area (Å²) in [5.41, 5.74) is 5.48. The van der Waals surface area contributed by atoms with Crippen LogP contribution in [-0.2, 0) is 13.2 Å². The summed E-state index contributed by atoms with van der Waals surface area (Å²) in [7, 11) is 0. The Bertz CT molecular complexity index is 1070. The van der Waals surface area contributed by atoms with Crippen molar-refractivity contribution < 1.29 is 14.4 Å². The normalized spacial score (nSPS) is 10.6. The van der Waals surface area contributed by atoms with E-state index in [0.717, 1.165) is 21.3 Å². The Kier molecular flexibility index (Phi) is 7.52. The number of nitrogens with one attached hydrogen (secondary N) is 1. The molecular weight excluding hydrogens is 460 g/mol. The number of benzene rings is 3. The van der Waals surface area contributed by atoms with E-state index in [-0.39, 0.29) is 12.3 Å². The third-order valence-electron chi connectivity index (χ3n) is 4.76. The van der Waals surface area contributed by atoms with Crippen molar-refractivity contribution in [2.75, 3.05) is 11.9 Å². The van der Waals surface area contributed by atoms with Crippen LogP contribution in [0.3, 0.4) is 0 Å². The molecule has 3 aromatic carbocycles. The Labute approximate surface area is 190 Å². The largest absolute Gasteiger partial charge is 0.490 e. The topological polar surface area (TPSA) is 73.6 Å². The molecule has 0 unspecified atom stereocenters. The number of hydrogen-bond donors (Lipinski definition) is 1. The number of halogens is 1. The van der Waals surface area contributed by atoms with Crippen LogP contribution in [0.1, 0.15) is 29.2 Å². The van der Waals surface area contributed by atoms with Crippen molar-refractivity contribution >= 4 is 27.3 Å². The monoisotopic (exact) mass is 484 g/mol. The molecule has 7 heteroatoms. The van der Waals surface area contributed by atoms with Crippen LogP contribution < -0.4 is 14.8 Å². The summed E-state index contributed by atoms with van der Waals surface area (Å²) < 4.78 is 12.6. The van der Waals surface area contributed by atoms with Crippen LogP contribution in [0, 0.1) is 24.0 Å². The lowest BCUT2D eigenvalue weighted by Gasteiger charge is -2.16. The lowest BCUT2D eigenvalue weighted by Crippen LogP contribution is -2.05. The Morgan fingerprint density at radius 3 is 2.39 bits per heavy atom. The molecule has 1 N–H and O–H groups in total. The van der Waals surface area contributed by atoms with E-state index in [2.05, 4.69) is 53.3 Å². The summed E-state index contributed by atoms with van der Waals surface area (Å²) in [5.74, 6) is 1.26. The molecule has 3 aromatic rings. The zero-order valence-corrected chi connectivity index (χ0v) is 19.4. The van der Waals surface area contributed by atoms with Gasteiger partial charge in [-0.05, 0) is 83.7 Å². The molecule has 0 amide bonds. The van der Waals surface area contributed by atoms with E-state index in [9.17, 15) is 10.1 Å². The second kappa shape index (κ2) is 10.3. The second-order valence-electron chi connectivity index (χ2n) is 7.22. The van der Waals surface area contributed by atoms with E-state index in [1.807, 2.05) is 19.1 Å². The fourth-order valence-electron chi connectivity index (χ4n) is 3.21. The van der Waals surface area contributed by atoms with Gasteiger partial charge in [0, 0.05) is 24.4 Å². The number of nitro benzene ring substituents is 1. The second-order valence-corrected chi connectivity index (χ2v) is 8.08. The summed E-state index contributed by atoms with van der Waals surface area (Å²) >= 11 is 3.60. The van der Waals surface area contributed by atoms with Gasteiger partial charge in [-0.15, -0.1) is 0 Å². The number of ether oxygens (including phenoxy) is 2. The molecular formula is C24H25BrN2O4. The number of nitro groups is 1. The van der Waals surface area contributed by atoms with E-state index in [1.165, 1.54) is 23.3 Å². The quantitative estimate of drug-likeness (QED) is 0.274. The van der Waals surface area contributed by atoms with Crippen LogP contribution in [0.5, 0.6) is 11.5 Å². The van der Waals surface area contributed by atoms with Gasteiger partial charge in [0.05, 0.1) is 16.0 Å². The molecule has 0 aromatic heterocycles. The zero-order chi connectivity index (χ0) is 22.4. The SMILES string of the molecule is CCOc1cc(CNc2ccc(C)cc2C)cc(Br)c1OCc1ccc([N+](=O)[O-])cc1. The van der Waals surface area contributed by atoms with Crippen LogP contribution in [0.25, 0.3) is 0 Å². The van der Waals surface area contributed by atoms with Gasteiger partial charge >= 0.3 is 0 Å². The predicted octanol–water partition coefficient (Wildman–Crippen LogP) is 6.56. The first-order valence-corrected chi connectivity index (χ1v) is 10.8. The van der Waals surface area contributed by atoms with Crippen LogP contribution in [-0.4, -0.2) is 11.5 Å².